The Balaban J connectivity index is 2.21. The maximum atomic E-state index is 12.7. The molecule has 2 N–H and O–H groups in total. The summed E-state index contributed by atoms with van der Waals surface area (Å²) in [5, 5.41) is 18.9. The number of carboxylic acid groups (broad SMARTS) is 1. The van der Waals surface area contributed by atoms with Crippen LogP contribution >= 0.6 is 0 Å². The highest BCUT2D eigenvalue weighted by molar-refractivity contribution is 5.88. The van der Waals surface area contributed by atoms with Crippen molar-refractivity contribution in [3.05, 3.63) is 47.9 Å². The Morgan fingerprint density at radius 2 is 2.00 bits per heavy atom. The topological polar surface area (TPSA) is 75.1 Å². The Bertz CT molecular complexity index is 543. The van der Waals surface area contributed by atoms with Gasteiger partial charge in [0.15, 0.2) is 5.82 Å². The number of hydrogen-bond acceptors (Lipinski definition) is 4. The number of rotatable bonds is 3. The van der Waals surface area contributed by atoms with Crippen LogP contribution in [0.5, 0.6) is 0 Å². The Hall–Kier alpha value is -2.50. The van der Waals surface area contributed by atoms with Gasteiger partial charge >= 0.3 is 5.97 Å². The minimum Gasteiger partial charge on any atom is -0.478 e. The average molecular weight is 233 g/mol. The Labute approximate surface area is 95.9 Å². The van der Waals surface area contributed by atoms with Crippen LogP contribution in [0.15, 0.2) is 36.5 Å². The van der Waals surface area contributed by atoms with Crippen LogP contribution in [0.25, 0.3) is 0 Å². The first kappa shape index (κ1) is 11.0. The van der Waals surface area contributed by atoms with Gasteiger partial charge in [-0.25, -0.2) is 9.18 Å². The number of hydrogen-bond donors (Lipinski definition) is 2. The largest absolute Gasteiger partial charge is 0.478 e. The van der Waals surface area contributed by atoms with Gasteiger partial charge in [0, 0.05) is 5.69 Å². The lowest BCUT2D eigenvalue weighted by Gasteiger charge is -2.04. The SMILES string of the molecule is O=C(O)c1cnnc(Nc2ccc(F)cc2)c1. The summed E-state index contributed by atoms with van der Waals surface area (Å²) in [6, 6.07) is 6.96. The van der Waals surface area contributed by atoms with Crippen LogP contribution in [0, 0.1) is 5.82 Å². The molecule has 2 rings (SSSR count). The second-order valence-corrected chi connectivity index (χ2v) is 3.27. The van der Waals surface area contributed by atoms with Gasteiger partial charge in [-0.1, -0.05) is 0 Å². The van der Waals surface area contributed by atoms with Gasteiger partial charge < -0.3 is 10.4 Å². The van der Waals surface area contributed by atoms with E-state index in [1.54, 1.807) is 0 Å². The number of nitrogens with one attached hydrogen (secondary N) is 1. The molecule has 1 aromatic carbocycles. The van der Waals surface area contributed by atoms with E-state index in [4.69, 9.17) is 5.11 Å². The van der Waals surface area contributed by atoms with Crippen LogP contribution in [-0.4, -0.2) is 21.3 Å². The normalized spacial score (nSPS) is 9.94. The van der Waals surface area contributed by atoms with Gasteiger partial charge in [0.25, 0.3) is 0 Å². The lowest BCUT2D eigenvalue weighted by atomic mass is 10.3. The molecule has 0 atom stereocenters. The highest BCUT2D eigenvalue weighted by Crippen LogP contribution is 2.14. The Kier molecular flexibility index (Phi) is 2.95. The molecule has 1 aromatic heterocycles. The molecule has 0 spiro atoms. The van der Waals surface area contributed by atoms with Crippen molar-refractivity contribution >= 4 is 17.5 Å². The van der Waals surface area contributed by atoms with Crippen LogP contribution in [0.2, 0.25) is 0 Å². The maximum Gasteiger partial charge on any atom is 0.337 e. The second kappa shape index (κ2) is 4.56. The molecule has 0 aliphatic rings. The quantitative estimate of drug-likeness (QED) is 0.848. The van der Waals surface area contributed by atoms with Crippen molar-refractivity contribution in [2.24, 2.45) is 0 Å². The zero-order chi connectivity index (χ0) is 12.3. The van der Waals surface area contributed by atoms with Crippen molar-refractivity contribution in [2.75, 3.05) is 5.32 Å². The number of aromatic carboxylic acids is 1. The third-order valence-corrected chi connectivity index (χ3v) is 2.02. The number of halogens is 1. The summed E-state index contributed by atoms with van der Waals surface area (Å²) < 4.78 is 12.7. The van der Waals surface area contributed by atoms with Crippen LogP contribution < -0.4 is 5.32 Å². The highest BCUT2D eigenvalue weighted by atomic mass is 19.1. The van der Waals surface area contributed by atoms with E-state index in [9.17, 15) is 9.18 Å². The fourth-order valence-corrected chi connectivity index (χ4v) is 1.23. The smallest absolute Gasteiger partial charge is 0.337 e. The first-order valence-electron chi connectivity index (χ1n) is 4.74. The molecule has 0 amide bonds. The standard InChI is InChI=1S/C11H8FN3O2/c12-8-1-3-9(4-2-8)14-10-5-7(11(16)17)6-13-15-10/h1-6H,(H,14,15)(H,16,17). The predicted octanol–water partition coefficient (Wildman–Crippen LogP) is 2.06. The third-order valence-electron chi connectivity index (χ3n) is 2.02. The zero-order valence-corrected chi connectivity index (χ0v) is 8.59. The maximum absolute atomic E-state index is 12.7. The number of carbonyl (C=O) groups is 1. The summed E-state index contributed by atoms with van der Waals surface area (Å²) in [4.78, 5) is 10.7. The predicted molar refractivity (Wildman–Crippen MR) is 58.7 cm³/mol. The monoisotopic (exact) mass is 233 g/mol. The van der Waals surface area contributed by atoms with Crippen LogP contribution in [-0.2, 0) is 0 Å². The van der Waals surface area contributed by atoms with Crippen LogP contribution in [0.1, 0.15) is 10.4 Å². The van der Waals surface area contributed by atoms with Crippen LogP contribution in [0.3, 0.4) is 0 Å². The van der Waals surface area contributed by atoms with Gasteiger partial charge in [-0.05, 0) is 30.3 Å². The molecular formula is C11H8FN3O2. The van der Waals surface area contributed by atoms with Gasteiger partial charge in [0.1, 0.15) is 5.82 Å². The molecular weight excluding hydrogens is 225 g/mol. The van der Waals surface area contributed by atoms with Crippen molar-refractivity contribution in [3.63, 3.8) is 0 Å². The molecule has 0 aliphatic heterocycles. The summed E-state index contributed by atoms with van der Waals surface area (Å²) in [7, 11) is 0. The minimum absolute atomic E-state index is 0.0320. The molecule has 0 unspecified atom stereocenters. The van der Waals surface area contributed by atoms with Crippen LogP contribution in [0.4, 0.5) is 15.9 Å². The number of carboxylic acids is 1. The molecule has 17 heavy (non-hydrogen) atoms. The van der Waals surface area contributed by atoms with E-state index in [2.05, 4.69) is 15.5 Å². The van der Waals surface area contributed by atoms with Crippen molar-refractivity contribution in [1.29, 1.82) is 0 Å². The second-order valence-electron chi connectivity index (χ2n) is 3.27. The van der Waals surface area contributed by atoms with E-state index in [1.807, 2.05) is 0 Å². The molecule has 0 saturated carbocycles. The molecule has 0 radical (unpaired) electrons. The number of benzene rings is 1. The number of anilines is 2. The molecule has 86 valence electrons. The first-order chi connectivity index (χ1) is 8.15. The average Bonchev–Trinajstić information content (AvgIpc) is 2.32. The molecule has 1 heterocycles. The van der Waals surface area contributed by atoms with Gasteiger partial charge in [-0.2, -0.15) is 5.10 Å². The lowest BCUT2D eigenvalue weighted by molar-refractivity contribution is 0.0696. The van der Waals surface area contributed by atoms with E-state index in [-0.39, 0.29) is 17.2 Å². The van der Waals surface area contributed by atoms with Gasteiger partial charge in [-0.15, -0.1) is 5.10 Å². The fourth-order valence-electron chi connectivity index (χ4n) is 1.23. The van der Waals surface area contributed by atoms with Crippen molar-refractivity contribution in [3.8, 4) is 0 Å². The number of aromatic nitrogens is 2. The molecule has 6 heteroatoms. The summed E-state index contributed by atoms with van der Waals surface area (Å²) >= 11 is 0. The first-order valence-corrected chi connectivity index (χ1v) is 4.74. The van der Waals surface area contributed by atoms with Crippen molar-refractivity contribution < 1.29 is 14.3 Å². The summed E-state index contributed by atoms with van der Waals surface area (Å²) in [5.41, 5.74) is 0.632. The van der Waals surface area contributed by atoms with Gasteiger partial charge in [0.05, 0.1) is 11.8 Å². The molecule has 0 saturated heterocycles. The summed E-state index contributed by atoms with van der Waals surface area (Å²) in [6.07, 6.45) is 1.15. The highest BCUT2D eigenvalue weighted by Gasteiger charge is 2.05. The zero-order valence-electron chi connectivity index (χ0n) is 8.59. The van der Waals surface area contributed by atoms with Gasteiger partial charge in [-0.3, -0.25) is 0 Å². The Morgan fingerprint density at radius 3 is 2.65 bits per heavy atom. The molecule has 0 aliphatic carbocycles. The summed E-state index contributed by atoms with van der Waals surface area (Å²) in [5.74, 6) is -1.14. The van der Waals surface area contributed by atoms with Crippen molar-refractivity contribution in [2.45, 2.75) is 0 Å². The van der Waals surface area contributed by atoms with E-state index in [0.717, 1.165) is 6.20 Å². The van der Waals surface area contributed by atoms with E-state index >= 15 is 0 Å². The molecule has 2 aromatic rings. The Morgan fingerprint density at radius 1 is 1.29 bits per heavy atom. The number of nitrogens with zero attached hydrogens (tertiary/aromatic N) is 2. The molecule has 0 fully saturated rings. The third kappa shape index (κ3) is 2.75. The van der Waals surface area contributed by atoms with E-state index in [0.29, 0.717) is 5.69 Å². The minimum atomic E-state index is -1.08. The van der Waals surface area contributed by atoms with Gasteiger partial charge in [0.2, 0.25) is 0 Å². The lowest BCUT2D eigenvalue weighted by Crippen LogP contribution is -2.01. The van der Waals surface area contributed by atoms with E-state index in [1.165, 1.54) is 30.3 Å². The van der Waals surface area contributed by atoms with E-state index < -0.39 is 5.97 Å². The van der Waals surface area contributed by atoms with Crippen molar-refractivity contribution in [1.82, 2.24) is 10.2 Å². The molecule has 5 nitrogen and oxygen atoms in total. The fraction of sp³-hybridized carbons (Fsp3) is 0. The summed E-state index contributed by atoms with van der Waals surface area (Å²) in [6.45, 7) is 0. The molecule has 0 bridgehead atoms.